The van der Waals surface area contributed by atoms with Gasteiger partial charge in [-0.15, -0.1) is 0 Å². The first-order chi connectivity index (χ1) is 6.09. The number of carbonyl (C=O) groups is 1. The summed E-state index contributed by atoms with van der Waals surface area (Å²) < 4.78 is 0. The quantitative estimate of drug-likeness (QED) is 0.626. The normalized spacial score (nSPS) is 10.4. The Morgan fingerprint density at radius 3 is 2.69 bits per heavy atom. The summed E-state index contributed by atoms with van der Waals surface area (Å²) in [5.41, 5.74) is 1.26. The van der Waals surface area contributed by atoms with E-state index in [0.717, 1.165) is 12.1 Å². The summed E-state index contributed by atoms with van der Waals surface area (Å²) in [6.07, 6.45) is 0. The lowest BCUT2D eigenvalue weighted by molar-refractivity contribution is -0.872. The molecule has 0 radical (unpaired) electrons. The van der Waals surface area contributed by atoms with E-state index in [1.54, 1.807) is 18.2 Å². The highest BCUT2D eigenvalue weighted by Gasteiger charge is 1.99. The Bertz CT molecular complexity index is 308. The number of rotatable bonds is 3. The van der Waals surface area contributed by atoms with Gasteiger partial charge in [-0.2, -0.15) is 0 Å². The number of hydrogen-bond donors (Lipinski definition) is 1. The molecular formula is C10H13NO2. The molecule has 0 aliphatic heterocycles. The van der Waals surface area contributed by atoms with Crippen molar-refractivity contribution in [3.63, 3.8) is 0 Å². The summed E-state index contributed by atoms with van der Waals surface area (Å²) in [6, 6.07) is 6.86. The van der Waals surface area contributed by atoms with Gasteiger partial charge in [0.1, 0.15) is 6.54 Å². The number of hydrogen-bond acceptors (Lipinski definition) is 2. The maximum Gasteiger partial charge on any atom is 0.102 e. The fourth-order valence-corrected chi connectivity index (χ4v) is 1.22. The van der Waals surface area contributed by atoms with Gasteiger partial charge in [-0.1, -0.05) is 18.2 Å². The number of nitrogens with one attached hydrogen (secondary N) is 1. The lowest BCUT2D eigenvalue weighted by Crippen LogP contribution is -3.04. The van der Waals surface area contributed by atoms with Crippen molar-refractivity contribution in [2.75, 3.05) is 14.1 Å². The van der Waals surface area contributed by atoms with Crippen LogP contribution < -0.4 is 10.0 Å². The summed E-state index contributed by atoms with van der Waals surface area (Å²) >= 11 is 0. The minimum atomic E-state index is -1.12. The van der Waals surface area contributed by atoms with Crippen molar-refractivity contribution >= 4 is 5.97 Å². The Hall–Kier alpha value is -1.35. The van der Waals surface area contributed by atoms with E-state index in [9.17, 15) is 9.90 Å². The van der Waals surface area contributed by atoms with Crippen LogP contribution in [0.15, 0.2) is 24.3 Å². The Morgan fingerprint density at radius 2 is 2.15 bits per heavy atom. The molecule has 70 valence electrons. The largest absolute Gasteiger partial charge is 0.545 e. The van der Waals surface area contributed by atoms with Crippen LogP contribution in [0.5, 0.6) is 0 Å². The molecule has 0 spiro atoms. The topological polar surface area (TPSA) is 44.6 Å². The van der Waals surface area contributed by atoms with Crippen molar-refractivity contribution in [3.8, 4) is 0 Å². The first-order valence-corrected chi connectivity index (χ1v) is 4.19. The van der Waals surface area contributed by atoms with Gasteiger partial charge < -0.3 is 14.8 Å². The van der Waals surface area contributed by atoms with Crippen molar-refractivity contribution in [2.24, 2.45) is 0 Å². The van der Waals surface area contributed by atoms with Crippen LogP contribution in [0.1, 0.15) is 15.9 Å². The van der Waals surface area contributed by atoms with E-state index in [4.69, 9.17) is 0 Å². The molecule has 0 amide bonds. The molecule has 3 nitrogen and oxygen atoms in total. The fourth-order valence-electron chi connectivity index (χ4n) is 1.22. The highest BCUT2D eigenvalue weighted by Crippen LogP contribution is 2.02. The molecular weight excluding hydrogens is 166 g/mol. The van der Waals surface area contributed by atoms with Crippen LogP contribution in [0.25, 0.3) is 0 Å². The molecule has 0 aliphatic carbocycles. The van der Waals surface area contributed by atoms with Crippen LogP contribution in [0.2, 0.25) is 0 Å². The summed E-state index contributed by atoms with van der Waals surface area (Å²) in [6.45, 7) is 0.821. The van der Waals surface area contributed by atoms with Crippen molar-refractivity contribution in [2.45, 2.75) is 6.54 Å². The Labute approximate surface area is 77.6 Å². The zero-order chi connectivity index (χ0) is 9.84. The molecule has 13 heavy (non-hydrogen) atoms. The molecule has 0 aromatic heterocycles. The van der Waals surface area contributed by atoms with Gasteiger partial charge in [0.2, 0.25) is 0 Å². The smallest absolute Gasteiger partial charge is 0.102 e. The molecule has 0 bridgehead atoms. The molecule has 1 aromatic rings. The van der Waals surface area contributed by atoms with Gasteiger partial charge in [-0.3, -0.25) is 0 Å². The van der Waals surface area contributed by atoms with E-state index in [2.05, 4.69) is 0 Å². The molecule has 1 aromatic carbocycles. The number of aromatic carboxylic acids is 1. The standard InChI is InChI=1S/C10H13NO2/c1-11(2)7-8-4-3-5-9(6-8)10(12)13/h3-6H,7H2,1-2H3,(H,12,13). The molecule has 0 fully saturated rings. The molecule has 0 aliphatic rings. The van der Waals surface area contributed by atoms with Crippen LogP contribution >= 0.6 is 0 Å². The van der Waals surface area contributed by atoms with Crippen molar-refractivity contribution in [1.29, 1.82) is 0 Å². The molecule has 3 heteroatoms. The van der Waals surface area contributed by atoms with Crippen molar-refractivity contribution in [1.82, 2.24) is 0 Å². The van der Waals surface area contributed by atoms with Crippen LogP contribution in [-0.2, 0) is 6.54 Å². The fraction of sp³-hybridized carbons (Fsp3) is 0.300. The lowest BCUT2D eigenvalue weighted by atomic mass is 10.1. The second kappa shape index (κ2) is 4.05. The monoisotopic (exact) mass is 179 g/mol. The summed E-state index contributed by atoms with van der Waals surface area (Å²) in [5.74, 6) is -1.12. The number of quaternary nitrogens is 1. The third-order valence-corrected chi connectivity index (χ3v) is 1.72. The van der Waals surface area contributed by atoms with Gasteiger partial charge in [0, 0.05) is 5.56 Å². The number of carbonyl (C=O) groups excluding carboxylic acids is 1. The predicted molar refractivity (Wildman–Crippen MR) is 47.3 cm³/mol. The Balaban J connectivity index is 2.85. The van der Waals surface area contributed by atoms with Gasteiger partial charge in [0.15, 0.2) is 0 Å². The maximum absolute atomic E-state index is 10.5. The molecule has 0 saturated heterocycles. The van der Waals surface area contributed by atoms with E-state index in [0.29, 0.717) is 0 Å². The number of benzene rings is 1. The van der Waals surface area contributed by atoms with Crippen LogP contribution in [-0.4, -0.2) is 20.1 Å². The molecule has 1 rings (SSSR count). The molecule has 0 atom stereocenters. The third-order valence-electron chi connectivity index (χ3n) is 1.72. The van der Waals surface area contributed by atoms with E-state index >= 15 is 0 Å². The van der Waals surface area contributed by atoms with Crippen LogP contribution in [0.3, 0.4) is 0 Å². The summed E-state index contributed by atoms with van der Waals surface area (Å²) in [7, 11) is 4.04. The zero-order valence-electron chi connectivity index (χ0n) is 7.83. The van der Waals surface area contributed by atoms with Crippen molar-refractivity contribution < 1.29 is 14.8 Å². The van der Waals surface area contributed by atoms with Gasteiger partial charge in [0.05, 0.1) is 20.1 Å². The second-order valence-corrected chi connectivity index (χ2v) is 3.37. The van der Waals surface area contributed by atoms with Crippen molar-refractivity contribution in [3.05, 3.63) is 35.4 Å². The highest BCUT2D eigenvalue weighted by atomic mass is 16.4. The maximum atomic E-state index is 10.5. The van der Waals surface area contributed by atoms with Crippen LogP contribution in [0, 0.1) is 0 Å². The highest BCUT2D eigenvalue weighted by molar-refractivity contribution is 5.85. The van der Waals surface area contributed by atoms with E-state index < -0.39 is 5.97 Å². The number of carboxylic acids is 1. The molecule has 0 heterocycles. The first kappa shape index (κ1) is 9.74. The predicted octanol–water partition coefficient (Wildman–Crippen LogP) is -1.31. The Morgan fingerprint density at radius 1 is 1.46 bits per heavy atom. The summed E-state index contributed by atoms with van der Waals surface area (Å²) in [5, 5.41) is 10.5. The lowest BCUT2D eigenvalue weighted by Gasteiger charge is -2.08. The average molecular weight is 179 g/mol. The Kier molecular flexibility index (Phi) is 3.03. The second-order valence-electron chi connectivity index (χ2n) is 3.37. The van der Waals surface area contributed by atoms with Gasteiger partial charge in [-0.05, 0) is 11.6 Å². The minimum absolute atomic E-state index is 0.249. The van der Waals surface area contributed by atoms with Gasteiger partial charge in [0.25, 0.3) is 0 Å². The van der Waals surface area contributed by atoms with Gasteiger partial charge in [-0.25, -0.2) is 0 Å². The zero-order valence-corrected chi connectivity index (χ0v) is 7.83. The summed E-state index contributed by atoms with van der Waals surface area (Å²) in [4.78, 5) is 11.8. The molecule has 1 N–H and O–H groups in total. The first-order valence-electron chi connectivity index (χ1n) is 4.19. The van der Waals surface area contributed by atoms with E-state index in [-0.39, 0.29) is 5.56 Å². The van der Waals surface area contributed by atoms with E-state index in [1.807, 2.05) is 20.2 Å². The average Bonchev–Trinajstić information content (AvgIpc) is 2.03. The molecule has 0 unspecified atom stereocenters. The molecule has 0 saturated carbocycles. The van der Waals surface area contributed by atoms with Crippen LogP contribution in [0.4, 0.5) is 0 Å². The minimum Gasteiger partial charge on any atom is -0.545 e. The third kappa shape index (κ3) is 2.87. The van der Waals surface area contributed by atoms with E-state index in [1.165, 1.54) is 4.90 Å². The van der Waals surface area contributed by atoms with Gasteiger partial charge >= 0.3 is 0 Å². The SMILES string of the molecule is C[NH+](C)Cc1cccc(C(=O)[O-])c1. The number of carboxylic acid groups (broad SMARTS) is 1.